The van der Waals surface area contributed by atoms with E-state index in [2.05, 4.69) is 5.32 Å². The van der Waals surface area contributed by atoms with Gasteiger partial charge in [-0.3, -0.25) is 14.9 Å². The van der Waals surface area contributed by atoms with Crippen LogP contribution in [0.25, 0.3) is 0 Å². The molecule has 0 radical (unpaired) electrons. The summed E-state index contributed by atoms with van der Waals surface area (Å²) in [5, 5.41) is 12.7. The van der Waals surface area contributed by atoms with E-state index in [1.54, 1.807) is 18.7 Å². The van der Waals surface area contributed by atoms with Crippen molar-refractivity contribution in [1.29, 1.82) is 0 Å². The summed E-state index contributed by atoms with van der Waals surface area (Å²) < 4.78 is 5.09. The maximum absolute atomic E-state index is 13.1. The van der Waals surface area contributed by atoms with E-state index >= 15 is 0 Å². The van der Waals surface area contributed by atoms with Crippen LogP contribution < -0.4 is 5.32 Å². The number of esters is 1. The fourth-order valence-corrected chi connectivity index (χ4v) is 4.39. The maximum Gasteiger partial charge on any atom is 0.326 e. The molecule has 0 aromatic heterocycles. The minimum atomic E-state index is -0.935. The summed E-state index contributed by atoms with van der Waals surface area (Å²) in [4.78, 5) is 38.5. The second-order valence-corrected chi connectivity index (χ2v) is 7.43. The minimum absolute atomic E-state index is 0.00817. The number of nitrogens with one attached hydrogen (secondary N) is 1. The van der Waals surface area contributed by atoms with E-state index in [-0.39, 0.29) is 23.8 Å². The number of rotatable bonds is 8. The molecule has 26 heavy (non-hydrogen) atoms. The Labute approximate surface area is 155 Å². The number of carbonyl (C=O) groups excluding carboxylic acids is 2. The zero-order valence-corrected chi connectivity index (χ0v) is 16.1. The van der Waals surface area contributed by atoms with Gasteiger partial charge in [0.25, 0.3) is 0 Å². The number of hydrogen-bond acceptors (Lipinski definition) is 5. The highest BCUT2D eigenvalue weighted by Gasteiger charge is 2.48. The number of carbonyl (C=O) groups is 3. The normalized spacial score (nSPS) is 27.5. The van der Waals surface area contributed by atoms with Crippen LogP contribution in [0.15, 0.2) is 0 Å². The number of fused-ring (bicyclic) bond motifs is 1. The van der Waals surface area contributed by atoms with Gasteiger partial charge in [-0.1, -0.05) is 26.2 Å². The van der Waals surface area contributed by atoms with Gasteiger partial charge >= 0.3 is 11.9 Å². The number of likely N-dealkylation sites (tertiary alicyclic amines) is 1. The molecule has 2 fully saturated rings. The average Bonchev–Trinajstić information content (AvgIpc) is 3.00. The Hall–Kier alpha value is -1.63. The molecule has 7 nitrogen and oxygen atoms in total. The van der Waals surface area contributed by atoms with Crippen LogP contribution in [-0.4, -0.2) is 58.6 Å². The Balaban J connectivity index is 2.10. The molecule has 0 bridgehead atoms. The zero-order chi connectivity index (χ0) is 19.3. The van der Waals surface area contributed by atoms with Crippen LogP contribution in [0.5, 0.6) is 0 Å². The lowest BCUT2D eigenvalue weighted by Crippen LogP contribution is -2.55. The summed E-state index contributed by atoms with van der Waals surface area (Å²) in [5.41, 5.74) is 0. The van der Waals surface area contributed by atoms with Crippen molar-refractivity contribution in [3.8, 4) is 0 Å². The molecule has 0 aromatic carbocycles. The van der Waals surface area contributed by atoms with E-state index < -0.39 is 24.1 Å². The Bertz CT molecular complexity index is 524. The molecule has 3 unspecified atom stereocenters. The van der Waals surface area contributed by atoms with Crippen LogP contribution in [0.1, 0.15) is 65.7 Å². The van der Waals surface area contributed by atoms with Crippen molar-refractivity contribution < 1.29 is 24.2 Å². The van der Waals surface area contributed by atoms with E-state index in [1.807, 2.05) is 6.92 Å². The van der Waals surface area contributed by atoms with Crippen LogP contribution >= 0.6 is 0 Å². The molecule has 1 heterocycles. The number of hydrogen-bond donors (Lipinski definition) is 2. The van der Waals surface area contributed by atoms with Crippen molar-refractivity contribution in [2.24, 2.45) is 5.92 Å². The second kappa shape index (κ2) is 9.35. The second-order valence-electron chi connectivity index (χ2n) is 7.43. The van der Waals surface area contributed by atoms with E-state index in [9.17, 15) is 19.5 Å². The molecule has 1 saturated heterocycles. The summed E-state index contributed by atoms with van der Waals surface area (Å²) in [5.74, 6) is -1.24. The smallest absolute Gasteiger partial charge is 0.326 e. The first-order chi connectivity index (χ1) is 12.4. The van der Waals surface area contributed by atoms with Crippen molar-refractivity contribution in [1.82, 2.24) is 10.2 Å². The summed E-state index contributed by atoms with van der Waals surface area (Å²) in [6.45, 7) is 5.72. The molecule has 1 aliphatic carbocycles. The van der Waals surface area contributed by atoms with E-state index in [1.165, 1.54) is 0 Å². The van der Waals surface area contributed by atoms with Gasteiger partial charge in [0.05, 0.1) is 12.6 Å². The van der Waals surface area contributed by atoms with E-state index in [4.69, 9.17) is 4.74 Å². The molecule has 2 N–H and O–H groups in total. The third-order valence-corrected chi connectivity index (χ3v) is 5.60. The maximum atomic E-state index is 13.1. The van der Waals surface area contributed by atoms with Crippen LogP contribution in [0.3, 0.4) is 0 Å². The van der Waals surface area contributed by atoms with Gasteiger partial charge in [0, 0.05) is 6.04 Å². The third-order valence-electron chi connectivity index (χ3n) is 5.60. The SMILES string of the molecule is CCCC(NC(C)C(=O)N1C(C(=O)O)C[C@H]2CCCC[C@@H]21)C(=O)OCC. The number of aliphatic carboxylic acids is 1. The summed E-state index contributed by atoms with van der Waals surface area (Å²) in [7, 11) is 0. The van der Waals surface area contributed by atoms with Crippen LogP contribution in [0, 0.1) is 5.92 Å². The third kappa shape index (κ3) is 4.55. The van der Waals surface area contributed by atoms with Gasteiger partial charge in [-0.25, -0.2) is 4.79 Å². The van der Waals surface area contributed by atoms with Gasteiger partial charge in [0.2, 0.25) is 5.91 Å². The number of amides is 1. The Kier molecular flexibility index (Phi) is 7.43. The Morgan fingerprint density at radius 3 is 2.54 bits per heavy atom. The lowest BCUT2D eigenvalue weighted by Gasteiger charge is -2.35. The summed E-state index contributed by atoms with van der Waals surface area (Å²) in [6.07, 6.45) is 5.87. The fourth-order valence-electron chi connectivity index (χ4n) is 4.39. The fraction of sp³-hybridized carbons (Fsp3) is 0.842. The van der Waals surface area contributed by atoms with Crippen molar-refractivity contribution in [2.75, 3.05) is 6.61 Å². The predicted octanol–water partition coefficient (Wildman–Crippen LogP) is 1.94. The first-order valence-corrected chi connectivity index (χ1v) is 9.88. The van der Waals surface area contributed by atoms with Gasteiger partial charge in [0.15, 0.2) is 0 Å². The van der Waals surface area contributed by atoms with Gasteiger partial charge in [-0.05, 0) is 45.4 Å². The number of nitrogens with zero attached hydrogens (tertiary/aromatic N) is 1. The molecule has 2 aliphatic rings. The van der Waals surface area contributed by atoms with Crippen molar-refractivity contribution in [3.05, 3.63) is 0 Å². The first kappa shape index (κ1) is 20.7. The molecular weight excluding hydrogens is 336 g/mol. The van der Waals surface area contributed by atoms with Crippen molar-refractivity contribution in [2.45, 2.75) is 89.9 Å². The Morgan fingerprint density at radius 2 is 1.92 bits per heavy atom. The molecule has 5 atom stereocenters. The van der Waals surface area contributed by atoms with Crippen molar-refractivity contribution >= 4 is 17.8 Å². The molecule has 148 valence electrons. The number of carboxylic acid groups (broad SMARTS) is 1. The topological polar surface area (TPSA) is 95.9 Å². The quantitative estimate of drug-likeness (QED) is 0.636. The van der Waals surface area contributed by atoms with Gasteiger partial charge < -0.3 is 14.7 Å². The lowest BCUT2D eigenvalue weighted by molar-refractivity contribution is -0.152. The average molecular weight is 368 g/mol. The molecule has 2 rings (SSSR count). The molecule has 7 heteroatoms. The van der Waals surface area contributed by atoms with Crippen LogP contribution in [-0.2, 0) is 19.1 Å². The number of ether oxygens (including phenoxy) is 1. The molecule has 0 aromatic rings. The van der Waals surface area contributed by atoms with Crippen LogP contribution in [0.2, 0.25) is 0 Å². The zero-order valence-electron chi connectivity index (χ0n) is 16.1. The van der Waals surface area contributed by atoms with Crippen molar-refractivity contribution in [3.63, 3.8) is 0 Å². The predicted molar refractivity (Wildman–Crippen MR) is 96.6 cm³/mol. The van der Waals surface area contributed by atoms with E-state index in [0.717, 1.165) is 32.1 Å². The molecular formula is C19H32N2O5. The monoisotopic (exact) mass is 368 g/mol. The lowest BCUT2D eigenvalue weighted by atomic mass is 9.84. The summed E-state index contributed by atoms with van der Waals surface area (Å²) in [6, 6.07) is -1.92. The largest absolute Gasteiger partial charge is 0.480 e. The van der Waals surface area contributed by atoms with Gasteiger partial charge in [-0.15, -0.1) is 0 Å². The highest BCUT2D eigenvalue weighted by atomic mass is 16.5. The molecule has 1 saturated carbocycles. The standard InChI is InChI=1S/C19H32N2O5/c1-4-8-14(19(25)26-5-2)20-12(3)17(22)21-15-10-7-6-9-13(15)11-16(21)18(23)24/h12-16,20H,4-11H2,1-3H3,(H,23,24)/t12?,13-,14?,15+,16?/m1/s1. The molecule has 1 aliphatic heterocycles. The number of carboxylic acids is 1. The highest BCUT2D eigenvalue weighted by molar-refractivity contribution is 5.88. The van der Waals surface area contributed by atoms with E-state index in [0.29, 0.717) is 19.4 Å². The molecule has 0 spiro atoms. The Morgan fingerprint density at radius 1 is 1.23 bits per heavy atom. The molecule has 1 amide bonds. The minimum Gasteiger partial charge on any atom is -0.480 e. The summed E-state index contributed by atoms with van der Waals surface area (Å²) >= 11 is 0. The highest BCUT2D eigenvalue weighted by Crippen LogP contribution is 2.40. The van der Waals surface area contributed by atoms with Gasteiger partial charge in [0.1, 0.15) is 12.1 Å². The first-order valence-electron chi connectivity index (χ1n) is 9.88. The van der Waals surface area contributed by atoms with Gasteiger partial charge in [-0.2, -0.15) is 0 Å². The van der Waals surface area contributed by atoms with Crippen LogP contribution in [0.4, 0.5) is 0 Å².